The molecule has 6 heterocycles. The molecule has 12 nitrogen and oxygen atoms in total. The number of amides is 1. The lowest BCUT2D eigenvalue weighted by atomic mass is 9.83. The van der Waals surface area contributed by atoms with E-state index in [1.165, 1.54) is 0 Å². The number of hydrogen-bond donors (Lipinski definition) is 2. The number of nitrogens with zero attached hydrogens (tertiary/aromatic N) is 9. The van der Waals surface area contributed by atoms with Gasteiger partial charge in [0.2, 0.25) is 11.7 Å². The van der Waals surface area contributed by atoms with Gasteiger partial charge in [-0.1, -0.05) is 26.8 Å². The van der Waals surface area contributed by atoms with Crippen molar-refractivity contribution >= 4 is 29.6 Å². The van der Waals surface area contributed by atoms with Gasteiger partial charge >= 0.3 is 6.18 Å². The summed E-state index contributed by atoms with van der Waals surface area (Å²) in [5.74, 6) is -1.30. The first-order valence-corrected chi connectivity index (χ1v) is 15.4. The van der Waals surface area contributed by atoms with E-state index < -0.39 is 35.4 Å². The first-order chi connectivity index (χ1) is 21.5. The lowest BCUT2D eigenvalue weighted by molar-refractivity contribution is -0.135. The van der Waals surface area contributed by atoms with Crippen LogP contribution in [-0.4, -0.2) is 106 Å². The van der Waals surface area contributed by atoms with E-state index in [4.69, 9.17) is 0 Å². The molecule has 2 fully saturated rings. The third kappa shape index (κ3) is 6.05. The van der Waals surface area contributed by atoms with Crippen molar-refractivity contribution in [3.05, 3.63) is 30.2 Å². The van der Waals surface area contributed by atoms with Gasteiger partial charge in [-0.2, -0.15) is 23.5 Å². The summed E-state index contributed by atoms with van der Waals surface area (Å²) in [5.41, 5.74) is 0.788. The third-order valence-corrected chi connectivity index (χ3v) is 9.45. The zero-order valence-electron chi connectivity index (χ0n) is 25.6. The van der Waals surface area contributed by atoms with E-state index in [9.17, 15) is 23.2 Å². The van der Waals surface area contributed by atoms with Crippen molar-refractivity contribution < 1.29 is 18.0 Å². The van der Waals surface area contributed by atoms with E-state index in [2.05, 4.69) is 46.7 Å². The van der Waals surface area contributed by atoms with Crippen LogP contribution in [0.15, 0.2) is 44.6 Å². The van der Waals surface area contributed by atoms with Crippen LogP contribution in [0.25, 0.3) is 0 Å². The number of fused-ring (bicyclic) bond motifs is 1. The summed E-state index contributed by atoms with van der Waals surface area (Å²) >= 11 is 0. The SMILES string of the molecule is CC(C)NCC1=NC(C(F)(F)F)=NC(C(=O)N2CCC(N3CC(CC#N)(n4cc(C5N=CN=C6NC=CC65)cn4)C3)CC2)C1C. The monoisotopic (exact) mass is 625 g/mol. The zero-order valence-corrected chi connectivity index (χ0v) is 25.6. The fraction of sp³-hybridized carbons (Fsp3) is 0.633. The molecule has 0 spiro atoms. The number of nitrogens with one attached hydrogen (secondary N) is 2. The highest BCUT2D eigenvalue weighted by Crippen LogP contribution is 2.38. The van der Waals surface area contributed by atoms with Gasteiger partial charge in [0.15, 0.2) is 0 Å². The standard InChI is InChI=1S/C30H38F3N11O/c1-18(2)36-13-23-19(3)24(41-28(40-23)30(31,32)33)27(45)42-10-5-21(6-11-42)43-15-29(16-43,7-8-34)44-14-20(12-39-44)25-22-4-9-35-26(22)38-17-37-25/h4,9,12,14,17-19,21-22,24-25,36H,5-7,10-11,13,15-16H2,1-3H3,(H,35,37,38). The van der Waals surface area contributed by atoms with E-state index in [0.717, 1.165) is 11.4 Å². The highest BCUT2D eigenvalue weighted by molar-refractivity contribution is 6.07. The smallest absolute Gasteiger partial charge is 0.350 e. The van der Waals surface area contributed by atoms with Gasteiger partial charge in [0.1, 0.15) is 23.8 Å². The van der Waals surface area contributed by atoms with Gasteiger partial charge in [-0.3, -0.25) is 19.4 Å². The van der Waals surface area contributed by atoms with Crippen LogP contribution in [0.4, 0.5) is 13.2 Å². The number of aromatic nitrogens is 2. The Bertz CT molecular complexity index is 1490. The van der Waals surface area contributed by atoms with E-state index in [1.54, 1.807) is 18.2 Å². The second-order valence-corrected chi connectivity index (χ2v) is 12.8. The molecule has 5 aliphatic heterocycles. The largest absolute Gasteiger partial charge is 0.451 e. The van der Waals surface area contributed by atoms with Crippen LogP contribution in [0.2, 0.25) is 0 Å². The fourth-order valence-electron chi connectivity index (χ4n) is 6.80. The van der Waals surface area contributed by atoms with Crippen LogP contribution in [0.1, 0.15) is 51.6 Å². The van der Waals surface area contributed by atoms with Gasteiger partial charge in [-0.05, 0) is 19.0 Å². The molecule has 2 N–H and O–H groups in total. The van der Waals surface area contributed by atoms with Crippen molar-refractivity contribution in [1.82, 2.24) is 30.2 Å². The molecule has 2 saturated heterocycles. The maximum Gasteiger partial charge on any atom is 0.451 e. The zero-order chi connectivity index (χ0) is 31.9. The third-order valence-electron chi connectivity index (χ3n) is 9.45. The van der Waals surface area contributed by atoms with Crippen molar-refractivity contribution in [3.63, 3.8) is 0 Å². The highest BCUT2D eigenvalue weighted by atomic mass is 19.4. The predicted octanol–water partition coefficient (Wildman–Crippen LogP) is 2.43. The van der Waals surface area contributed by atoms with Crippen molar-refractivity contribution in [1.29, 1.82) is 5.26 Å². The Kier molecular flexibility index (Phi) is 8.38. The van der Waals surface area contributed by atoms with E-state index in [1.807, 2.05) is 43.2 Å². The molecule has 1 aromatic heterocycles. The number of rotatable bonds is 8. The number of alkyl halides is 3. The first-order valence-electron chi connectivity index (χ1n) is 15.4. The summed E-state index contributed by atoms with van der Waals surface area (Å²) in [7, 11) is 0. The number of carbonyl (C=O) groups excluding carboxylic acids is 1. The first kappa shape index (κ1) is 31.1. The van der Waals surface area contributed by atoms with Crippen LogP contribution < -0.4 is 10.6 Å². The summed E-state index contributed by atoms with van der Waals surface area (Å²) < 4.78 is 42.9. The van der Waals surface area contributed by atoms with Gasteiger partial charge in [-0.15, -0.1) is 0 Å². The maximum atomic E-state index is 13.7. The van der Waals surface area contributed by atoms with Crippen molar-refractivity contribution in [2.45, 2.75) is 75.9 Å². The predicted molar refractivity (Wildman–Crippen MR) is 163 cm³/mol. The van der Waals surface area contributed by atoms with Crippen molar-refractivity contribution in [2.75, 3.05) is 32.7 Å². The number of halogens is 3. The normalized spacial score (nSPS) is 28.1. The molecular formula is C30H38F3N11O. The summed E-state index contributed by atoms with van der Waals surface area (Å²) in [5, 5.41) is 20.6. The van der Waals surface area contributed by atoms with Crippen LogP contribution in [0.5, 0.6) is 0 Å². The molecule has 0 bridgehead atoms. The van der Waals surface area contributed by atoms with Gasteiger partial charge in [0.25, 0.3) is 0 Å². The molecule has 5 aliphatic rings. The second kappa shape index (κ2) is 12.1. The van der Waals surface area contributed by atoms with E-state index in [-0.39, 0.29) is 36.3 Å². The van der Waals surface area contributed by atoms with Gasteiger partial charge in [0, 0.05) is 68.2 Å². The molecule has 0 saturated carbocycles. The minimum Gasteiger partial charge on any atom is -0.350 e. The topological polar surface area (TPSA) is 139 Å². The quantitative estimate of drug-likeness (QED) is 0.455. The summed E-state index contributed by atoms with van der Waals surface area (Å²) in [6.45, 7) is 7.83. The fourth-order valence-corrected chi connectivity index (χ4v) is 6.80. The Morgan fingerprint density at radius 2 is 2.02 bits per heavy atom. The molecule has 1 aromatic rings. The lowest BCUT2D eigenvalue weighted by Gasteiger charge is -2.53. The Labute approximate surface area is 259 Å². The Hall–Kier alpha value is -3.90. The molecule has 15 heteroatoms. The van der Waals surface area contributed by atoms with Gasteiger partial charge in [-0.25, -0.2) is 15.0 Å². The molecule has 0 radical (unpaired) electrons. The van der Waals surface area contributed by atoms with E-state index in [0.29, 0.717) is 45.4 Å². The Morgan fingerprint density at radius 1 is 1.27 bits per heavy atom. The summed E-state index contributed by atoms with van der Waals surface area (Å²) in [6, 6.07) is 1.29. The molecule has 6 rings (SSSR count). The Morgan fingerprint density at radius 3 is 2.71 bits per heavy atom. The number of hydrogen-bond acceptors (Lipinski definition) is 10. The minimum atomic E-state index is -4.73. The average Bonchev–Trinajstić information content (AvgIpc) is 3.68. The van der Waals surface area contributed by atoms with E-state index >= 15 is 0 Å². The van der Waals surface area contributed by atoms with Gasteiger partial charge in [0.05, 0.1) is 30.6 Å². The molecule has 4 unspecified atom stereocenters. The number of aliphatic imine (C=N–C) groups is 4. The molecule has 4 atom stereocenters. The Balaban J connectivity index is 1.08. The number of likely N-dealkylation sites (tertiary alicyclic amines) is 2. The molecule has 0 aliphatic carbocycles. The average molecular weight is 626 g/mol. The second-order valence-electron chi connectivity index (χ2n) is 12.8. The summed E-state index contributed by atoms with van der Waals surface area (Å²) in [6.07, 6.45) is 6.22. The van der Waals surface area contributed by atoms with Crippen LogP contribution in [0.3, 0.4) is 0 Å². The summed E-state index contributed by atoms with van der Waals surface area (Å²) in [4.78, 5) is 34.0. The number of nitriles is 1. The molecule has 0 aromatic carbocycles. The molecular weight excluding hydrogens is 587 g/mol. The number of amidine groups is 2. The molecule has 1 amide bonds. The van der Waals surface area contributed by atoms with Crippen LogP contribution in [0, 0.1) is 23.2 Å². The maximum absolute atomic E-state index is 13.7. The highest BCUT2D eigenvalue weighted by Gasteiger charge is 2.49. The minimum absolute atomic E-state index is 0.0308. The number of carbonyl (C=O) groups is 1. The number of piperidine rings is 1. The van der Waals surface area contributed by atoms with Gasteiger partial charge < -0.3 is 15.5 Å². The van der Waals surface area contributed by atoms with Crippen molar-refractivity contribution in [2.24, 2.45) is 31.8 Å². The molecule has 45 heavy (non-hydrogen) atoms. The van der Waals surface area contributed by atoms with Crippen LogP contribution >= 0.6 is 0 Å². The lowest BCUT2D eigenvalue weighted by Crippen LogP contribution is -2.66. The van der Waals surface area contributed by atoms with Crippen molar-refractivity contribution in [3.8, 4) is 6.07 Å². The van der Waals surface area contributed by atoms with Crippen LogP contribution in [-0.2, 0) is 10.3 Å². The molecule has 240 valence electrons.